The van der Waals surface area contributed by atoms with E-state index in [0.717, 1.165) is 22.2 Å². The molecule has 23 heavy (non-hydrogen) atoms. The first-order valence-electron chi connectivity index (χ1n) is 7.19. The molecular formula is C17H17N3O2S. The Morgan fingerprint density at radius 3 is 2.43 bits per heavy atom. The van der Waals surface area contributed by atoms with E-state index in [1.807, 2.05) is 50.2 Å². The Kier molecular flexibility index (Phi) is 4.16. The number of aromatic nitrogens is 2. The molecular weight excluding hydrogens is 310 g/mol. The smallest absolute Gasteiger partial charge is 0.295 e. The lowest BCUT2D eigenvalue weighted by atomic mass is 10.2. The number of rotatable bonds is 1. The van der Waals surface area contributed by atoms with Crippen LogP contribution in [0.1, 0.15) is 11.1 Å². The van der Waals surface area contributed by atoms with E-state index in [-0.39, 0.29) is 0 Å². The van der Waals surface area contributed by atoms with Gasteiger partial charge in [-0.25, -0.2) is 0 Å². The summed E-state index contributed by atoms with van der Waals surface area (Å²) in [5.41, 5.74) is 5.91. The molecule has 118 valence electrons. The number of aryl methyl sites for hydroxylation is 2. The van der Waals surface area contributed by atoms with Gasteiger partial charge in [0.15, 0.2) is 11.2 Å². The van der Waals surface area contributed by atoms with Gasteiger partial charge in [-0.3, -0.25) is 0 Å². The molecule has 0 atom stereocenters. The van der Waals surface area contributed by atoms with Crippen molar-refractivity contribution < 1.29 is 8.83 Å². The third-order valence-corrected chi connectivity index (χ3v) is 3.52. The van der Waals surface area contributed by atoms with Crippen molar-refractivity contribution in [3.63, 3.8) is 0 Å². The third kappa shape index (κ3) is 3.43. The van der Waals surface area contributed by atoms with Gasteiger partial charge in [-0.1, -0.05) is 12.1 Å². The van der Waals surface area contributed by atoms with Crippen molar-refractivity contribution in [2.45, 2.75) is 13.8 Å². The van der Waals surface area contributed by atoms with Crippen molar-refractivity contribution >= 4 is 40.4 Å². The third-order valence-electron chi connectivity index (χ3n) is 3.33. The second kappa shape index (κ2) is 6.26. The highest BCUT2D eigenvalue weighted by Crippen LogP contribution is 2.19. The molecule has 4 rings (SSSR count). The summed E-state index contributed by atoms with van der Waals surface area (Å²) in [6.45, 7) is 4.07. The van der Waals surface area contributed by atoms with Gasteiger partial charge in [-0.2, -0.15) is 4.98 Å². The molecule has 0 bridgehead atoms. The van der Waals surface area contributed by atoms with E-state index in [0.29, 0.717) is 10.9 Å². The SMILES string of the molecule is CNc1nc2cc(C)ccc2o1.Cc1ccc2oc(=S)[nH]c2c1. The van der Waals surface area contributed by atoms with Gasteiger partial charge in [0, 0.05) is 7.05 Å². The van der Waals surface area contributed by atoms with Crippen molar-refractivity contribution in [3.8, 4) is 0 Å². The molecule has 0 spiro atoms. The Morgan fingerprint density at radius 2 is 1.70 bits per heavy atom. The zero-order chi connectivity index (χ0) is 16.4. The average molecular weight is 327 g/mol. The minimum absolute atomic E-state index is 0.436. The van der Waals surface area contributed by atoms with Crippen LogP contribution >= 0.6 is 12.2 Å². The van der Waals surface area contributed by atoms with Crippen LogP contribution in [0.25, 0.3) is 22.2 Å². The summed E-state index contributed by atoms with van der Waals surface area (Å²) in [5.74, 6) is 0. The number of nitrogens with zero attached hydrogens (tertiary/aromatic N) is 1. The van der Waals surface area contributed by atoms with Crippen LogP contribution < -0.4 is 5.32 Å². The summed E-state index contributed by atoms with van der Waals surface area (Å²) in [4.78, 5) is 7.60. The Morgan fingerprint density at radius 1 is 1.00 bits per heavy atom. The van der Waals surface area contributed by atoms with Crippen LogP contribution in [-0.4, -0.2) is 17.0 Å². The number of fused-ring (bicyclic) bond motifs is 2. The first-order chi connectivity index (χ1) is 11.0. The van der Waals surface area contributed by atoms with Crippen molar-refractivity contribution in [2.24, 2.45) is 0 Å². The lowest BCUT2D eigenvalue weighted by molar-refractivity contribution is 0.583. The number of aromatic amines is 1. The molecule has 2 heterocycles. The number of hydrogen-bond acceptors (Lipinski definition) is 5. The highest BCUT2D eigenvalue weighted by Gasteiger charge is 2.02. The molecule has 0 aliphatic carbocycles. The summed E-state index contributed by atoms with van der Waals surface area (Å²) in [6, 6.07) is 12.4. The molecule has 0 amide bonds. The molecule has 4 aromatic rings. The molecule has 2 N–H and O–H groups in total. The lowest BCUT2D eigenvalue weighted by Crippen LogP contribution is -1.85. The minimum atomic E-state index is 0.436. The number of nitrogens with one attached hydrogen (secondary N) is 2. The maximum atomic E-state index is 5.35. The van der Waals surface area contributed by atoms with Crippen LogP contribution in [0.4, 0.5) is 6.01 Å². The number of anilines is 1. The lowest BCUT2D eigenvalue weighted by Gasteiger charge is -1.88. The maximum Gasteiger partial charge on any atom is 0.295 e. The van der Waals surface area contributed by atoms with Gasteiger partial charge in [-0.05, 0) is 61.5 Å². The molecule has 0 unspecified atom stereocenters. The number of hydrogen-bond donors (Lipinski definition) is 2. The van der Waals surface area contributed by atoms with Gasteiger partial charge in [-0.15, -0.1) is 0 Å². The Balaban J connectivity index is 0.000000136. The molecule has 2 aromatic heterocycles. The molecule has 0 fully saturated rings. The maximum absolute atomic E-state index is 5.35. The standard InChI is InChI=1S/C9H10N2O.C8H7NOS/c1-6-3-4-8-7(5-6)11-9(10-2)12-8;1-5-2-3-7-6(4-5)9-8(11)10-7/h3-5H,1-2H3,(H,10,11);2-4H,1H3,(H,9,11). The number of oxazole rings is 2. The molecule has 0 saturated heterocycles. The second-order valence-corrected chi connectivity index (χ2v) is 5.63. The van der Waals surface area contributed by atoms with Crippen LogP contribution in [0.15, 0.2) is 45.2 Å². The average Bonchev–Trinajstić information content (AvgIpc) is 3.08. The highest BCUT2D eigenvalue weighted by molar-refractivity contribution is 7.71. The number of H-pyrrole nitrogens is 1. The quantitative estimate of drug-likeness (QED) is 0.483. The second-order valence-electron chi connectivity index (χ2n) is 5.25. The van der Waals surface area contributed by atoms with Gasteiger partial charge in [0.2, 0.25) is 0 Å². The Bertz CT molecular complexity index is 1010. The van der Waals surface area contributed by atoms with Crippen molar-refractivity contribution in [3.05, 3.63) is 52.4 Å². The van der Waals surface area contributed by atoms with Gasteiger partial charge >= 0.3 is 0 Å². The van der Waals surface area contributed by atoms with E-state index < -0.39 is 0 Å². The van der Waals surface area contributed by atoms with Crippen molar-refractivity contribution in [2.75, 3.05) is 12.4 Å². The van der Waals surface area contributed by atoms with Gasteiger partial charge in [0.05, 0.1) is 5.52 Å². The van der Waals surface area contributed by atoms with Gasteiger partial charge < -0.3 is 19.1 Å². The van der Waals surface area contributed by atoms with E-state index in [1.165, 1.54) is 11.1 Å². The number of benzene rings is 2. The van der Waals surface area contributed by atoms with Crippen molar-refractivity contribution in [1.82, 2.24) is 9.97 Å². The first kappa shape index (κ1) is 15.3. The summed E-state index contributed by atoms with van der Waals surface area (Å²) in [6.07, 6.45) is 0. The van der Waals surface area contributed by atoms with E-state index in [4.69, 9.17) is 21.1 Å². The van der Waals surface area contributed by atoms with Crippen molar-refractivity contribution in [1.29, 1.82) is 0 Å². The molecule has 0 aliphatic rings. The summed E-state index contributed by atoms with van der Waals surface area (Å²) in [5, 5.41) is 2.86. The van der Waals surface area contributed by atoms with E-state index in [1.54, 1.807) is 7.05 Å². The van der Waals surface area contributed by atoms with Crippen LogP contribution in [0.3, 0.4) is 0 Å². The highest BCUT2D eigenvalue weighted by atomic mass is 32.1. The molecule has 6 heteroatoms. The predicted octanol–water partition coefficient (Wildman–Crippen LogP) is 4.98. The molecule has 0 radical (unpaired) electrons. The molecule has 2 aromatic carbocycles. The Hall–Kier alpha value is -2.60. The van der Waals surface area contributed by atoms with E-state index in [2.05, 4.69) is 15.3 Å². The first-order valence-corrected chi connectivity index (χ1v) is 7.60. The molecule has 0 aliphatic heterocycles. The van der Waals surface area contributed by atoms with Crippen LogP contribution in [0, 0.1) is 18.7 Å². The Labute approximate surface area is 138 Å². The summed E-state index contributed by atoms with van der Waals surface area (Å²) in [7, 11) is 1.79. The molecule has 0 saturated carbocycles. The topological polar surface area (TPSA) is 67.0 Å². The van der Waals surface area contributed by atoms with Gasteiger partial charge in [0.25, 0.3) is 10.9 Å². The largest absolute Gasteiger partial charge is 0.429 e. The van der Waals surface area contributed by atoms with E-state index in [9.17, 15) is 0 Å². The summed E-state index contributed by atoms with van der Waals surface area (Å²) < 4.78 is 10.5. The normalized spacial score (nSPS) is 10.6. The van der Waals surface area contributed by atoms with Crippen LogP contribution in [0.2, 0.25) is 0 Å². The zero-order valence-electron chi connectivity index (χ0n) is 13.1. The van der Waals surface area contributed by atoms with Crippen LogP contribution in [-0.2, 0) is 0 Å². The van der Waals surface area contributed by atoms with E-state index >= 15 is 0 Å². The van der Waals surface area contributed by atoms with Crippen LogP contribution in [0.5, 0.6) is 0 Å². The molecule has 5 nitrogen and oxygen atoms in total. The monoisotopic (exact) mass is 327 g/mol. The predicted molar refractivity (Wildman–Crippen MR) is 94.4 cm³/mol. The fourth-order valence-corrected chi connectivity index (χ4v) is 2.41. The fraction of sp³-hybridized carbons (Fsp3) is 0.176. The zero-order valence-corrected chi connectivity index (χ0v) is 14.0. The minimum Gasteiger partial charge on any atom is -0.429 e. The summed E-state index contributed by atoms with van der Waals surface area (Å²) >= 11 is 4.83. The van der Waals surface area contributed by atoms with Gasteiger partial charge in [0.1, 0.15) is 5.52 Å². The fourth-order valence-electron chi connectivity index (χ4n) is 2.21.